The molecular weight excluding hydrogens is 329 g/mol. The molecule has 2 rings (SSSR count). The lowest BCUT2D eigenvalue weighted by molar-refractivity contribution is 0.625. The van der Waals surface area contributed by atoms with Gasteiger partial charge in [0.25, 0.3) is 0 Å². The van der Waals surface area contributed by atoms with Crippen LogP contribution < -0.4 is 5.73 Å². The Morgan fingerprint density at radius 2 is 2.05 bits per heavy atom. The molecular formula is C15H14BrClFN. The maximum atomic E-state index is 13.0. The highest BCUT2D eigenvalue weighted by Crippen LogP contribution is 2.27. The highest BCUT2D eigenvalue weighted by Gasteiger charge is 2.13. The van der Waals surface area contributed by atoms with Gasteiger partial charge in [-0.3, -0.25) is 0 Å². The van der Waals surface area contributed by atoms with E-state index in [2.05, 4.69) is 15.9 Å². The second kappa shape index (κ2) is 6.04. The van der Waals surface area contributed by atoms with Crippen molar-refractivity contribution in [2.24, 2.45) is 5.73 Å². The fourth-order valence-electron chi connectivity index (χ4n) is 2.06. The van der Waals surface area contributed by atoms with Crippen molar-refractivity contribution in [1.82, 2.24) is 0 Å². The van der Waals surface area contributed by atoms with Gasteiger partial charge in [-0.25, -0.2) is 4.39 Å². The first-order valence-corrected chi connectivity index (χ1v) is 7.10. The van der Waals surface area contributed by atoms with E-state index < -0.39 is 0 Å². The van der Waals surface area contributed by atoms with Crippen LogP contribution in [0.25, 0.3) is 0 Å². The molecule has 0 bridgehead atoms. The Hall–Kier alpha value is -0.900. The van der Waals surface area contributed by atoms with Gasteiger partial charge in [-0.2, -0.15) is 0 Å². The summed E-state index contributed by atoms with van der Waals surface area (Å²) in [5.74, 6) is -0.332. The summed E-state index contributed by atoms with van der Waals surface area (Å²) < 4.78 is 14.0. The van der Waals surface area contributed by atoms with Crippen LogP contribution in [-0.2, 0) is 6.42 Å². The summed E-state index contributed by atoms with van der Waals surface area (Å²) in [7, 11) is 0. The first kappa shape index (κ1) is 14.5. The summed E-state index contributed by atoms with van der Waals surface area (Å²) in [4.78, 5) is 0. The first-order chi connectivity index (χ1) is 8.99. The van der Waals surface area contributed by atoms with Crippen molar-refractivity contribution in [3.8, 4) is 0 Å². The standard InChI is InChI=1S/C15H14BrClFN/c1-9-12(3-2-4-13(9)16)15(19)7-10-5-6-11(18)8-14(10)17/h2-6,8,15H,7,19H2,1H3. The second-order valence-corrected chi connectivity index (χ2v) is 5.76. The minimum absolute atomic E-state index is 0.166. The second-order valence-electron chi connectivity index (χ2n) is 4.50. The number of benzene rings is 2. The lowest BCUT2D eigenvalue weighted by atomic mass is 9.96. The molecule has 100 valence electrons. The van der Waals surface area contributed by atoms with Gasteiger partial charge in [-0.05, 0) is 48.2 Å². The number of halogens is 3. The van der Waals surface area contributed by atoms with E-state index in [1.165, 1.54) is 12.1 Å². The van der Waals surface area contributed by atoms with Gasteiger partial charge >= 0.3 is 0 Å². The van der Waals surface area contributed by atoms with Crippen LogP contribution in [0.3, 0.4) is 0 Å². The maximum Gasteiger partial charge on any atom is 0.124 e. The van der Waals surface area contributed by atoms with E-state index in [1.54, 1.807) is 6.07 Å². The molecule has 2 N–H and O–H groups in total. The van der Waals surface area contributed by atoms with Crippen molar-refractivity contribution < 1.29 is 4.39 Å². The molecule has 2 aromatic carbocycles. The van der Waals surface area contributed by atoms with Gasteiger partial charge in [0.05, 0.1) is 0 Å². The molecule has 0 spiro atoms. The summed E-state index contributed by atoms with van der Waals surface area (Å²) in [5.41, 5.74) is 9.27. The predicted molar refractivity (Wildman–Crippen MR) is 80.9 cm³/mol. The third-order valence-electron chi connectivity index (χ3n) is 3.16. The first-order valence-electron chi connectivity index (χ1n) is 5.93. The average molecular weight is 343 g/mol. The predicted octanol–water partition coefficient (Wildman–Crippen LogP) is 4.79. The molecule has 2 aromatic rings. The Bertz CT molecular complexity index is 601. The Labute approximate surface area is 125 Å². The third kappa shape index (κ3) is 3.35. The minimum Gasteiger partial charge on any atom is -0.324 e. The minimum atomic E-state index is -0.332. The number of nitrogens with two attached hydrogens (primary N) is 1. The fourth-order valence-corrected chi connectivity index (χ4v) is 2.69. The molecule has 0 aliphatic carbocycles. The zero-order valence-electron chi connectivity index (χ0n) is 10.5. The SMILES string of the molecule is Cc1c(Br)cccc1C(N)Cc1ccc(F)cc1Cl. The molecule has 0 radical (unpaired) electrons. The normalized spacial score (nSPS) is 12.5. The van der Waals surface area contributed by atoms with E-state index in [9.17, 15) is 4.39 Å². The van der Waals surface area contributed by atoms with E-state index in [0.29, 0.717) is 11.4 Å². The van der Waals surface area contributed by atoms with E-state index >= 15 is 0 Å². The molecule has 0 aromatic heterocycles. The quantitative estimate of drug-likeness (QED) is 0.852. The summed E-state index contributed by atoms with van der Waals surface area (Å²) in [6.07, 6.45) is 0.580. The van der Waals surface area contributed by atoms with Gasteiger partial charge in [-0.15, -0.1) is 0 Å². The van der Waals surface area contributed by atoms with Crippen molar-refractivity contribution >= 4 is 27.5 Å². The van der Waals surface area contributed by atoms with E-state index in [-0.39, 0.29) is 11.9 Å². The van der Waals surface area contributed by atoms with Crippen molar-refractivity contribution in [1.29, 1.82) is 0 Å². The van der Waals surface area contributed by atoms with Crippen LogP contribution >= 0.6 is 27.5 Å². The average Bonchev–Trinajstić information content (AvgIpc) is 2.36. The Kier molecular flexibility index (Phi) is 4.61. The fraction of sp³-hybridized carbons (Fsp3) is 0.200. The Morgan fingerprint density at radius 1 is 1.32 bits per heavy atom. The molecule has 0 saturated heterocycles. The largest absolute Gasteiger partial charge is 0.324 e. The third-order valence-corrected chi connectivity index (χ3v) is 4.37. The van der Waals surface area contributed by atoms with Gasteiger partial charge in [0, 0.05) is 15.5 Å². The summed E-state index contributed by atoms with van der Waals surface area (Å²) >= 11 is 9.52. The van der Waals surface area contributed by atoms with Gasteiger partial charge in [0.2, 0.25) is 0 Å². The van der Waals surface area contributed by atoms with Crippen LogP contribution in [0.1, 0.15) is 22.7 Å². The number of hydrogen-bond acceptors (Lipinski definition) is 1. The van der Waals surface area contributed by atoms with Crippen LogP contribution in [0.15, 0.2) is 40.9 Å². The zero-order valence-corrected chi connectivity index (χ0v) is 12.8. The lowest BCUT2D eigenvalue weighted by Crippen LogP contribution is -2.15. The Morgan fingerprint density at radius 3 is 2.74 bits per heavy atom. The van der Waals surface area contributed by atoms with E-state index in [4.69, 9.17) is 17.3 Å². The molecule has 1 nitrogen and oxygen atoms in total. The number of rotatable bonds is 3. The van der Waals surface area contributed by atoms with Crippen molar-refractivity contribution in [2.45, 2.75) is 19.4 Å². The molecule has 4 heteroatoms. The molecule has 0 heterocycles. The Balaban J connectivity index is 2.25. The zero-order chi connectivity index (χ0) is 14.0. The summed E-state index contributed by atoms with van der Waals surface area (Å²) in [5, 5.41) is 0.420. The summed E-state index contributed by atoms with van der Waals surface area (Å²) in [6, 6.07) is 10.2. The van der Waals surface area contributed by atoms with Crippen molar-refractivity contribution in [3.63, 3.8) is 0 Å². The van der Waals surface area contributed by atoms with Gasteiger partial charge in [0.1, 0.15) is 5.82 Å². The molecule has 1 unspecified atom stereocenters. The molecule has 0 saturated carbocycles. The van der Waals surface area contributed by atoms with Gasteiger partial charge < -0.3 is 5.73 Å². The van der Waals surface area contributed by atoms with E-state index in [0.717, 1.165) is 21.2 Å². The molecule has 19 heavy (non-hydrogen) atoms. The highest BCUT2D eigenvalue weighted by molar-refractivity contribution is 9.10. The number of hydrogen-bond donors (Lipinski definition) is 1. The van der Waals surface area contributed by atoms with Crippen LogP contribution in [-0.4, -0.2) is 0 Å². The molecule has 0 fully saturated rings. The van der Waals surface area contributed by atoms with Gasteiger partial charge in [-0.1, -0.05) is 45.7 Å². The lowest BCUT2D eigenvalue weighted by Gasteiger charge is -2.16. The topological polar surface area (TPSA) is 26.0 Å². The smallest absolute Gasteiger partial charge is 0.124 e. The molecule has 0 aliphatic heterocycles. The molecule has 1 atom stereocenters. The maximum absolute atomic E-state index is 13.0. The highest BCUT2D eigenvalue weighted by atomic mass is 79.9. The van der Waals surface area contributed by atoms with Crippen molar-refractivity contribution in [2.75, 3.05) is 0 Å². The molecule has 0 aliphatic rings. The van der Waals surface area contributed by atoms with Crippen LogP contribution in [0.5, 0.6) is 0 Å². The van der Waals surface area contributed by atoms with Crippen molar-refractivity contribution in [3.05, 3.63) is 68.4 Å². The molecule has 0 amide bonds. The monoisotopic (exact) mass is 341 g/mol. The van der Waals surface area contributed by atoms with Gasteiger partial charge in [0.15, 0.2) is 0 Å². The van der Waals surface area contributed by atoms with Crippen LogP contribution in [0.4, 0.5) is 4.39 Å². The van der Waals surface area contributed by atoms with Crippen LogP contribution in [0, 0.1) is 12.7 Å². The van der Waals surface area contributed by atoms with E-state index in [1.807, 2.05) is 25.1 Å². The summed E-state index contributed by atoms with van der Waals surface area (Å²) in [6.45, 7) is 2.02. The van der Waals surface area contributed by atoms with Crippen LogP contribution in [0.2, 0.25) is 5.02 Å².